The molecule has 33 heavy (non-hydrogen) atoms. The highest BCUT2D eigenvalue weighted by molar-refractivity contribution is 5.95. The summed E-state index contributed by atoms with van der Waals surface area (Å²) in [6, 6.07) is 9.52. The second-order valence-corrected chi connectivity index (χ2v) is 9.40. The highest BCUT2D eigenvalue weighted by Crippen LogP contribution is 2.36. The summed E-state index contributed by atoms with van der Waals surface area (Å²) in [5.41, 5.74) is 10.5. The van der Waals surface area contributed by atoms with Gasteiger partial charge in [0, 0.05) is 40.3 Å². The van der Waals surface area contributed by atoms with Crippen LogP contribution in [0.1, 0.15) is 59.7 Å². The summed E-state index contributed by atoms with van der Waals surface area (Å²) in [4.78, 5) is 18.0. The Morgan fingerprint density at radius 3 is 2.79 bits per heavy atom. The van der Waals surface area contributed by atoms with Gasteiger partial charge < -0.3 is 15.5 Å². The number of aromatic nitrogens is 1. The second-order valence-electron chi connectivity index (χ2n) is 9.40. The molecule has 0 spiro atoms. The molecular weight excluding hydrogens is 417 g/mol. The van der Waals surface area contributed by atoms with E-state index in [9.17, 15) is 9.18 Å². The number of nitrogens with one attached hydrogen (secondary N) is 1. The first-order chi connectivity index (χ1) is 16.0. The molecule has 0 radical (unpaired) electrons. The van der Waals surface area contributed by atoms with E-state index in [0.29, 0.717) is 18.2 Å². The van der Waals surface area contributed by atoms with Gasteiger partial charge in [-0.2, -0.15) is 0 Å². The quantitative estimate of drug-likeness (QED) is 0.521. The molecule has 3 N–H and O–H groups in total. The van der Waals surface area contributed by atoms with Crippen molar-refractivity contribution < 1.29 is 13.9 Å². The number of H-pyrrole nitrogens is 1. The highest BCUT2D eigenvalue weighted by atomic mass is 19.1. The van der Waals surface area contributed by atoms with Gasteiger partial charge in [-0.05, 0) is 80.5 Å². The second kappa shape index (κ2) is 9.18. The number of hydrogen-bond acceptors (Lipinski definition) is 3. The molecule has 1 atom stereocenters. The van der Waals surface area contributed by atoms with Crippen LogP contribution in [0.4, 0.5) is 4.39 Å². The lowest BCUT2D eigenvalue weighted by atomic mass is 9.87. The SMILES string of the molecule is CCc1ccc(C(N)=O)c2c1OC[C@H](N(CCCc1c[nH]c3ccc(F)cc13)C1CCC1)C2. The van der Waals surface area contributed by atoms with Gasteiger partial charge in [-0.3, -0.25) is 9.69 Å². The number of aromatic amines is 1. The number of carbonyl (C=O) groups excluding carboxylic acids is 1. The summed E-state index contributed by atoms with van der Waals surface area (Å²) in [6.45, 7) is 3.69. The summed E-state index contributed by atoms with van der Waals surface area (Å²) in [6.07, 6.45) is 9.21. The first-order valence-electron chi connectivity index (χ1n) is 12.1. The van der Waals surface area contributed by atoms with Gasteiger partial charge in [0.1, 0.15) is 18.2 Å². The largest absolute Gasteiger partial charge is 0.491 e. The fourth-order valence-corrected chi connectivity index (χ4v) is 5.45. The van der Waals surface area contributed by atoms with Crippen molar-refractivity contribution >= 4 is 16.8 Å². The monoisotopic (exact) mass is 449 g/mol. The van der Waals surface area contributed by atoms with E-state index in [1.54, 1.807) is 12.1 Å². The van der Waals surface area contributed by atoms with Gasteiger partial charge in [0.15, 0.2) is 0 Å². The smallest absolute Gasteiger partial charge is 0.249 e. The Bertz CT molecular complexity index is 1170. The number of halogens is 1. The molecule has 2 aliphatic rings. The fourth-order valence-electron chi connectivity index (χ4n) is 5.45. The third-order valence-corrected chi connectivity index (χ3v) is 7.45. The summed E-state index contributed by atoms with van der Waals surface area (Å²) in [5.74, 6) is 0.272. The number of carbonyl (C=O) groups is 1. The Morgan fingerprint density at radius 1 is 1.21 bits per heavy atom. The van der Waals surface area contributed by atoms with E-state index in [-0.39, 0.29) is 17.8 Å². The Labute approximate surface area is 194 Å². The first kappa shape index (κ1) is 22.0. The molecule has 2 heterocycles. The van der Waals surface area contributed by atoms with Gasteiger partial charge in [-0.1, -0.05) is 19.4 Å². The molecule has 0 saturated heterocycles. The van der Waals surface area contributed by atoms with Crippen LogP contribution in [-0.2, 0) is 19.3 Å². The molecule has 2 aromatic carbocycles. The van der Waals surface area contributed by atoms with Crippen molar-refractivity contribution in [3.63, 3.8) is 0 Å². The van der Waals surface area contributed by atoms with Crippen molar-refractivity contribution in [2.45, 2.75) is 64.0 Å². The molecule has 1 fully saturated rings. The minimum Gasteiger partial charge on any atom is -0.491 e. The van der Waals surface area contributed by atoms with E-state index >= 15 is 0 Å². The minimum atomic E-state index is -0.389. The third kappa shape index (κ3) is 4.24. The number of primary amides is 1. The van der Waals surface area contributed by atoms with Gasteiger partial charge in [-0.25, -0.2) is 4.39 Å². The normalized spacial score (nSPS) is 18.2. The van der Waals surface area contributed by atoms with Crippen molar-refractivity contribution in [1.29, 1.82) is 0 Å². The minimum absolute atomic E-state index is 0.200. The predicted molar refractivity (Wildman–Crippen MR) is 128 cm³/mol. The van der Waals surface area contributed by atoms with Gasteiger partial charge >= 0.3 is 0 Å². The number of amides is 1. The number of ether oxygens (including phenoxy) is 1. The van der Waals surface area contributed by atoms with E-state index in [2.05, 4.69) is 16.8 Å². The zero-order chi connectivity index (χ0) is 22.9. The average Bonchev–Trinajstić information content (AvgIpc) is 3.17. The lowest BCUT2D eigenvalue weighted by Gasteiger charge is -2.44. The van der Waals surface area contributed by atoms with E-state index < -0.39 is 0 Å². The van der Waals surface area contributed by atoms with E-state index in [1.807, 2.05) is 18.3 Å². The molecule has 5 nitrogen and oxygen atoms in total. The average molecular weight is 450 g/mol. The van der Waals surface area contributed by atoms with Crippen LogP contribution in [-0.4, -0.2) is 41.0 Å². The number of benzene rings is 2. The van der Waals surface area contributed by atoms with Crippen LogP contribution in [0.15, 0.2) is 36.5 Å². The molecular formula is C27H32FN3O2. The van der Waals surface area contributed by atoms with Crippen LogP contribution in [0.3, 0.4) is 0 Å². The Balaban J connectivity index is 1.33. The topological polar surface area (TPSA) is 71.4 Å². The van der Waals surface area contributed by atoms with E-state index in [4.69, 9.17) is 10.5 Å². The molecule has 0 bridgehead atoms. The third-order valence-electron chi connectivity index (χ3n) is 7.45. The lowest BCUT2D eigenvalue weighted by molar-refractivity contribution is 0.0431. The highest BCUT2D eigenvalue weighted by Gasteiger charge is 2.35. The number of aryl methyl sites for hydroxylation is 2. The summed E-state index contributed by atoms with van der Waals surface area (Å²) in [7, 11) is 0. The van der Waals surface area contributed by atoms with Gasteiger partial charge in [0.05, 0.1) is 0 Å². The maximum absolute atomic E-state index is 13.7. The maximum atomic E-state index is 13.7. The molecule has 5 rings (SSSR count). The van der Waals surface area contributed by atoms with E-state index in [0.717, 1.165) is 65.6 Å². The number of nitrogens with zero attached hydrogens (tertiary/aromatic N) is 1. The van der Waals surface area contributed by atoms with Gasteiger partial charge in [0.25, 0.3) is 0 Å². The number of fused-ring (bicyclic) bond motifs is 2. The molecule has 174 valence electrons. The molecule has 1 saturated carbocycles. The van der Waals surface area contributed by atoms with E-state index in [1.165, 1.54) is 25.3 Å². The Hall–Kier alpha value is -2.86. The van der Waals surface area contributed by atoms with Crippen LogP contribution in [0.5, 0.6) is 5.75 Å². The summed E-state index contributed by atoms with van der Waals surface area (Å²) >= 11 is 0. The van der Waals surface area contributed by atoms with Gasteiger partial charge in [0.2, 0.25) is 5.91 Å². The van der Waals surface area contributed by atoms with Crippen molar-refractivity contribution in [3.8, 4) is 5.75 Å². The maximum Gasteiger partial charge on any atom is 0.249 e. The van der Waals surface area contributed by atoms with Crippen molar-refractivity contribution in [2.24, 2.45) is 5.73 Å². The number of hydrogen-bond donors (Lipinski definition) is 2. The van der Waals surface area contributed by atoms with Crippen molar-refractivity contribution in [3.05, 3.63) is 64.6 Å². The number of nitrogens with two attached hydrogens (primary N) is 1. The van der Waals surface area contributed by atoms with Crippen molar-refractivity contribution in [2.75, 3.05) is 13.2 Å². The van der Waals surface area contributed by atoms with Crippen LogP contribution in [0.25, 0.3) is 10.9 Å². The first-order valence-corrected chi connectivity index (χ1v) is 12.1. The van der Waals surface area contributed by atoms with Crippen molar-refractivity contribution in [1.82, 2.24) is 9.88 Å². The Morgan fingerprint density at radius 2 is 2.06 bits per heavy atom. The number of rotatable bonds is 8. The molecule has 6 heteroatoms. The molecule has 1 aromatic heterocycles. The molecule has 0 unspecified atom stereocenters. The molecule has 1 aliphatic carbocycles. The van der Waals surface area contributed by atoms with Crippen LogP contribution in [0.2, 0.25) is 0 Å². The molecule has 1 aliphatic heterocycles. The Kier molecular flexibility index (Phi) is 6.11. The van der Waals surface area contributed by atoms with Gasteiger partial charge in [-0.15, -0.1) is 0 Å². The van der Waals surface area contributed by atoms with Crippen LogP contribution < -0.4 is 10.5 Å². The summed E-state index contributed by atoms with van der Waals surface area (Å²) < 4.78 is 20.0. The molecule has 3 aromatic rings. The predicted octanol–water partition coefficient (Wildman–Crippen LogP) is 4.76. The van der Waals surface area contributed by atoms with Crippen LogP contribution >= 0.6 is 0 Å². The van der Waals surface area contributed by atoms with Crippen LogP contribution in [0, 0.1) is 5.82 Å². The zero-order valence-electron chi connectivity index (χ0n) is 19.2. The zero-order valence-corrected chi connectivity index (χ0v) is 19.2. The summed E-state index contributed by atoms with van der Waals surface area (Å²) in [5, 5.41) is 0.971. The fraction of sp³-hybridized carbons (Fsp3) is 0.444. The lowest BCUT2D eigenvalue weighted by Crippen LogP contribution is -2.51. The molecule has 1 amide bonds. The standard InChI is InChI=1S/C27H32FN3O2/c1-2-17-8-10-22(27(29)32)24-14-21(16-33-26(17)24)31(20-6-3-7-20)12-4-5-18-15-30-25-11-9-19(28)13-23(18)25/h8-11,13,15,20-21,30H,2-7,12,14,16H2,1H3,(H2,29,32)/t21-/m1/s1.